The third-order valence-electron chi connectivity index (χ3n) is 3.70. The Balaban J connectivity index is 2.49. The van der Waals surface area contributed by atoms with Gasteiger partial charge in [0, 0.05) is 18.2 Å². The maximum Gasteiger partial charge on any atom is 0.247 e. The molecule has 1 aromatic rings. The number of nitrogens with one attached hydrogen (secondary N) is 1. The molecule has 0 bridgehead atoms. The fourth-order valence-corrected chi connectivity index (χ4v) is 7.11. The quantitative estimate of drug-likeness (QED) is 0.727. The molecule has 2 unspecified atom stereocenters. The van der Waals surface area contributed by atoms with Gasteiger partial charge in [-0.2, -0.15) is 0 Å². The van der Waals surface area contributed by atoms with Crippen molar-refractivity contribution in [1.29, 1.82) is 0 Å². The predicted molar refractivity (Wildman–Crippen MR) is 88.8 cm³/mol. The van der Waals surface area contributed by atoms with E-state index in [1.54, 1.807) is 6.92 Å². The molecule has 0 saturated carbocycles. The number of hydrogen-bond donors (Lipinski definition) is 2. The Kier molecular flexibility index (Phi) is 5.85. The second-order valence-corrected chi connectivity index (χ2v) is 10.7. The van der Waals surface area contributed by atoms with Crippen LogP contribution < -0.4 is 10.5 Å². The molecule has 0 aliphatic carbocycles. The van der Waals surface area contributed by atoms with E-state index in [9.17, 15) is 16.8 Å². The fraction of sp³-hybridized carbons (Fsp3) is 0.692. The summed E-state index contributed by atoms with van der Waals surface area (Å²) in [5, 5.41) is 7.76. The molecule has 0 radical (unpaired) electrons. The molecule has 132 valence electrons. The average Bonchev–Trinajstić information content (AvgIpc) is 2.92. The van der Waals surface area contributed by atoms with Crippen molar-refractivity contribution >= 4 is 31.2 Å². The Labute approximate surface area is 141 Å². The minimum atomic E-state index is -3.93. The van der Waals surface area contributed by atoms with E-state index in [1.165, 1.54) is 6.07 Å². The summed E-state index contributed by atoms with van der Waals surface area (Å²) in [5.41, 5.74) is 0.500. The van der Waals surface area contributed by atoms with E-state index in [1.807, 2.05) is 6.92 Å². The molecule has 1 aliphatic heterocycles. The van der Waals surface area contributed by atoms with Crippen molar-refractivity contribution in [2.75, 3.05) is 19.8 Å². The zero-order valence-electron chi connectivity index (χ0n) is 13.1. The minimum absolute atomic E-state index is 0.0890. The molecule has 2 rings (SSSR count). The largest absolute Gasteiger partial charge is 0.380 e. The first kappa shape index (κ1) is 18.8. The topological polar surface area (TPSA) is 116 Å². The third kappa shape index (κ3) is 3.94. The maximum atomic E-state index is 12.7. The lowest BCUT2D eigenvalue weighted by molar-refractivity contribution is 0.141. The van der Waals surface area contributed by atoms with Gasteiger partial charge < -0.3 is 10.1 Å². The standard InChI is InChI=1S/C13H22N2O5S3/c1-3-5-15-11-6-9(8-20-4-2)22(16,17)13-10(11)7-12(21-13)23(14,18)19/h7,9,11,15H,3-6,8H2,1-2H3,(H2,14,18,19). The van der Waals surface area contributed by atoms with E-state index in [0.29, 0.717) is 25.1 Å². The van der Waals surface area contributed by atoms with Crippen molar-refractivity contribution in [3.05, 3.63) is 11.6 Å². The van der Waals surface area contributed by atoms with E-state index in [-0.39, 0.29) is 21.1 Å². The van der Waals surface area contributed by atoms with Gasteiger partial charge in [0.15, 0.2) is 9.84 Å². The number of sulfonamides is 1. The van der Waals surface area contributed by atoms with Crippen molar-refractivity contribution < 1.29 is 21.6 Å². The summed E-state index contributed by atoms with van der Waals surface area (Å²) in [6, 6.07) is 1.17. The second-order valence-electron chi connectivity index (χ2n) is 5.42. The highest BCUT2D eigenvalue weighted by Gasteiger charge is 2.41. The van der Waals surface area contributed by atoms with Crippen LogP contribution in [0.1, 0.15) is 38.3 Å². The van der Waals surface area contributed by atoms with Gasteiger partial charge in [-0.15, -0.1) is 11.3 Å². The van der Waals surface area contributed by atoms with E-state index in [0.717, 1.165) is 17.8 Å². The van der Waals surface area contributed by atoms with Gasteiger partial charge in [-0.1, -0.05) is 6.92 Å². The SMILES string of the molecule is CCCNC1CC(COCC)S(=O)(=O)c2sc(S(N)(=O)=O)cc21. The molecule has 0 aromatic carbocycles. The summed E-state index contributed by atoms with van der Waals surface area (Å²) in [5.74, 6) is 0. The van der Waals surface area contributed by atoms with Gasteiger partial charge in [-0.25, -0.2) is 22.0 Å². The lowest BCUT2D eigenvalue weighted by atomic mass is 10.0. The van der Waals surface area contributed by atoms with Crippen LogP contribution in [0.25, 0.3) is 0 Å². The Bertz CT molecular complexity index is 755. The fourth-order valence-electron chi connectivity index (χ4n) is 2.56. The molecule has 1 aliphatic rings. The van der Waals surface area contributed by atoms with Gasteiger partial charge >= 0.3 is 0 Å². The minimum Gasteiger partial charge on any atom is -0.380 e. The van der Waals surface area contributed by atoms with E-state index in [2.05, 4.69) is 5.32 Å². The Hall–Kier alpha value is -0.520. The molecule has 0 spiro atoms. The van der Waals surface area contributed by atoms with Crippen LogP contribution >= 0.6 is 11.3 Å². The number of fused-ring (bicyclic) bond motifs is 1. The molecule has 0 fully saturated rings. The molecule has 2 atom stereocenters. The van der Waals surface area contributed by atoms with Crippen LogP contribution in [-0.2, 0) is 24.6 Å². The van der Waals surface area contributed by atoms with Gasteiger partial charge in [0.05, 0.1) is 11.9 Å². The lowest BCUT2D eigenvalue weighted by Crippen LogP contribution is -2.37. The highest BCUT2D eigenvalue weighted by atomic mass is 32.3. The highest BCUT2D eigenvalue weighted by molar-refractivity contribution is 7.95. The van der Waals surface area contributed by atoms with Gasteiger partial charge in [0.2, 0.25) is 10.0 Å². The van der Waals surface area contributed by atoms with Crippen molar-refractivity contribution in [2.24, 2.45) is 5.14 Å². The first-order valence-corrected chi connectivity index (χ1v) is 11.3. The summed E-state index contributed by atoms with van der Waals surface area (Å²) in [6.07, 6.45) is 1.25. The smallest absolute Gasteiger partial charge is 0.247 e. The first-order valence-electron chi connectivity index (χ1n) is 7.43. The number of thiophene rings is 1. The van der Waals surface area contributed by atoms with Crippen LogP contribution in [0.5, 0.6) is 0 Å². The van der Waals surface area contributed by atoms with Crippen LogP contribution in [0, 0.1) is 0 Å². The van der Waals surface area contributed by atoms with Crippen molar-refractivity contribution in [3.63, 3.8) is 0 Å². The molecule has 7 nitrogen and oxygen atoms in total. The van der Waals surface area contributed by atoms with Crippen LogP contribution in [-0.4, -0.2) is 41.8 Å². The predicted octanol–water partition coefficient (Wildman–Crippen LogP) is 1.02. The zero-order valence-corrected chi connectivity index (χ0v) is 15.6. The molecular weight excluding hydrogens is 360 g/mol. The van der Waals surface area contributed by atoms with Crippen LogP contribution in [0.15, 0.2) is 14.5 Å². The van der Waals surface area contributed by atoms with Crippen molar-refractivity contribution in [1.82, 2.24) is 5.32 Å². The zero-order chi connectivity index (χ0) is 17.3. The molecule has 2 heterocycles. The van der Waals surface area contributed by atoms with Gasteiger partial charge in [-0.05, 0) is 32.4 Å². The number of rotatable bonds is 7. The van der Waals surface area contributed by atoms with E-state index in [4.69, 9.17) is 9.88 Å². The Morgan fingerprint density at radius 2 is 2.13 bits per heavy atom. The van der Waals surface area contributed by atoms with E-state index >= 15 is 0 Å². The van der Waals surface area contributed by atoms with Crippen molar-refractivity contribution in [2.45, 2.75) is 46.4 Å². The molecule has 10 heteroatoms. The number of sulfone groups is 1. The maximum absolute atomic E-state index is 12.7. The van der Waals surface area contributed by atoms with Crippen LogP contribution in [0.4, 0.5) is 0 Å². The first-order chi connectivity index (χ1) is 10.7. The van der Waals surface area contributed by atoms with E-state index < -0.39 is 25.1 Å². The van der Waals surface area contributed by atoms with Gasteiger partial charge in [-0.3, -0.25) is 0 Å². The lowest BCUT2D eigenvalue weighted by Gasteiger charge is -2.29. The van der Waals surface area contributed by atoms with Gasteiger partial charge in [0.1, 0.15) is 8.42 Å². The normalized spacial score (nSPS) is 23.6. The molecule has 0 amide bonds. The number of primary sulfonamides is 1. The number of ether oxygens (including phenoxy) is 1. The van der Waals surface area contributed by atoms with Crippen molar-refractivity contribution in [3.8, 4) is 0 Å². The summed E-state index contributed by atoms with van der Waals surface area (Å²) >= 11 is 0.727. The summed E-state index contributed by atoms with van der Waals surface area (Å²) in [6.45, 7) is 5.06. The van der Waals surface area contributed by atoms with Crippen LogP contribution in [0.3, 0.4) is 0 Å². The third-order valence-corrected chi connectivity index (χ3v) is 8.97. The van der Waals surface area contributed by atoms with Crippen LogP contribution in [0.2, 0.25) is 0 Å². The summed E-state index contributed by atoms with van der Waals surface area (Å²) < 4.78 is 53.9. The average molecular weight is 383 g/mol. The molecular formula is C13H22N2O5S3. The number of hydrogen-bond acceptors (Lipinski definition) is 7. The monoisotopic (exact) mass is 382 g/mol. The molecule has 0 saturated heterocycles. The Morgan fingerprint density at radius 3 is 2.70 bits per heavy atom. The molecule has 1 aromatic heterocycles. The van der Waals surface area contributed by atoms with Gasteiger partial charge in [0.25, 0.3) is 0 Å². The highest BCUT2D eigenvalue weighted by Crippen LogP contribution is 2.42. The second kappa shape index (κ2) is 7.16. The molecule has 23 heavy (non-hydrogen) atoms. The summed E-state index contributed by atoms with van der Waals surface area (Å²) in [4.78, 5) is 0. The Morgan fingerprint density at radius 1 is 1.43 bits per heavy atom. The number of nitrogens with two attached hydrogens (primary N) is 1. The summed E-state index contributed by atoms with van der Waals surface area (Å²) in [7, 11) is -7.55. The molecule has 3 N–H and O–H groups in total.